The number of fused-ring (bicyclic) bond motifs is 4. The molecule has 214 valence electrons. The van der Waals surface area contributed by atoms with Crippen molar-refractivity contribution in [1.82, 2.24) is 0 Å². The maximum absolute atomic E-state index is 13.0. The van der Waals surface area contributed by atoms with Crippen LogP contribution in [-0.4, -0.2) is 12.1 Å². The van der Waals surface area contributed by atoms with Crippen LogP contribution in [0.2, 0.25) is 0 Å². The summed E-state index contributed by atoms with van der Waals surface area (Å²) in [5.74, 6) is 2.01. The van der Waals surface area contributed by atoms with Crippen LogP contribution in [0, 0.1) is 39.4 Å². The number of hydrogen-bond donors (Lipinski definition) is 0. The molecule has 0 spiro atoms. The lowest BCUT2D eigenvalue weighted by molar-refractivity contribution is -0.104. The van der Waals surface area contributed by atoms with Gasteiger partial charge in [0.25, 0.3) is 0 Å². The van der Waals surface area contributed by atoms with E-state index in [1.807, 2.05) is 41.5 Å². The number of benzene rings is 1. The molecule has 0 radical (unpaired) electrons. The van der Waals surface area contributed by atoms with Crippen molar-refractivity contribution in [3.63, 3.8) is 0 Å². The number of carbonyl (C=O) groups is 1. The fourth-order valence-electron chi connectivity index (χ4n) is 10.4. The first-order chi connectivity index (χ1) is 18.3. The topological polar surface area (TPSA) is 26.3 Å². The summed E-state index contributed by atoms with van der Waals surface area (Å²) in [6, 6.07) is 9.54. The second-order valence-electron chi connectivity index (χ2n) is 15.3. The van der Waals surface area contributed by atoms with Gasteiger partial charge in [0.15, 0.2) is 0 Å². The van der Waals surface area contributed by atoms with Gasteiger partial charge < -0.3 is 4.74 Å². The van der Waals surface area contributed by atoms with Gasteiger partial charge in [0.2, 0.25) is 0 Å². The highest BCUT2D eigenvalue weighted by atomic mass is 16.5. The summed E-state index contributed by atoms with van der Waals surface area (Å²) in [5, 5.41) is 0. The van der Waals surface area contributed by atoms with Crippen LogP contribution in [0.4, 0.5) is 0 Å². The van der Waals surface area contributed by atoms with E-state index in [9.17, 15) is 4.79 Å². The van der Waals surface area contributed by atoms with Gasteiger partial charge in [-0.2, -0.15) is 0 Å². The Labute approximate surface area is 239 Å². The van der Waals surface area contributed by atoms with Crippen molar-refractivity contribution >= 4 is 5.97 Å². The zero-order chi connectivity index (χ0) is 28.2. The van der Waals surface area contributed by atoms with Gasteiger partial charge >= 0.3 is 5.97 Å². The van der Waals surface area contributed by atoms with Gasteiger partial charge in [-0.15, -0.1) is 0 Å². The van der Waals surface area contributed by atoms with E-state index in [0.717, 1.165) is 24.7 Å². The van der Waals surface area contributed by atoms with E-state index in [-0.39, 0.29) is 22.9 Å². The minimum atomic E-state index is -0.162. The quantitative estimate of drug-likeness (QED) is 0.270. The Morgan fingerprint density at radius 1 is 0.949 bits per heavy atom. The number of ether oxygens (including phenoxy) is 1. The summed E-state index contributed by atoms with van der Waals surface area (Å²) in [4.78, 5) is 13.0. The van der Waals surface area contributed by atoms with Gasteiger partial charge in [-0.1, -0.05) is 82.5 Å². The Morgan fingerprint density at radius 2 is 1.67 bits per heavy atom. The van der Waals surface area contributed by atoms with Gasteiger partial charge in [-0.05, 0) is 124 Å². The highest BCUT2D eigenvalue weighted by Gasteiger charge is 2.63. The largest absolute Gasteiger partial charge is 0.458 e. The number of esters is 1. The van der Waals surface area contributed by atoms with Crippen LogP contribution in [0.1, 0.15) is 130 Å². The van der Waals surface area contributed by atoms with Gasteiger partial charge in [0, 0.05) is 5.41 Å². The summed E-state index contributed by atoms with van der Waals surface area (Å²) < 4.78 is 6.26. The van der Waals surface area contributed by atoms with Crippen molar-refractivity contribution in [2.75, 3.05) is 0 Å². The average molecular weight is 531 g/mol. The average Bonchev–Trinajstić information content (AvgIpc) is 3.17. The van der Waals surface area contributed by atoms with E-state index in [4.69, 9.17) is 4.74 Å². The zero-order valence-electron chi connectivity index (χ0n) is 26.2. The SMILES string of the molecule is CC(C)=CCC[C@@H](C)[C@H]1CC[C@@]2(C)C3=C(CC[C@]12C)[C@@]1(C)CCC(OC(=O)c2ccccc2)C(C)(C)C1CC3. The molecule has 39 heavy (non-hydrogen) atoms. The van der Waals surface area contributed by atoms with Gasteiger partial charge in [0.1, 0.15) is 6.10 Å². The molecule has 2 saturated carbocycles. The molecule has 1 aromatic rings. The van der Waals surface area contributed by atoms with E-state index in [0.29, 0.717) is 22.3 Å². The maximum Gasteiger partial charge on any atom is 0.338 e. The van der Waals surface area contributed by atoms with E-state index in [2.05, 4.69) is 61.5 Å². The fourth-order valence-corrected chi connectivity index (χ4v) is 10.4. The summed E-state index contributed by atoms with van der Waals surface area (Å²) in [7, 11) is 0. The van der Waals surface area contributed by atoms with Crippen molar-refractivity contribution < 1.29 is 9.53 Å². The number of allylic oxidation sites excluding steroid dienone is 4. The normalized spacial score (nSPS) is 37.8. The summed E-state index contributed by atoms with van der Waals surface area (Å²) in [5.41, 5.74) is 6.74. The van der Waals surface area contributed by atoms with Gasteiger partial charge in [-0.25, -0.2) is 4.79 Å². The fraction of sp³-hybridized carbons (Fsp3) is 0.703. The summed E-state index contributed by atoms with van der Waals surface area (Å²) in [6.45, 7) is 19.7. The monoisotopic (exact) mass is 530 g/mol. The molecular formula is C37H54O2. The molecular weight excluding hydrogens is 476 g/mol. The van der Waals surface area contributed by atoms with Gasteiger partial charge in [-0.3, -0.25) is 0 Å². The first-order valence-corrected chi connectivity index (χ1v) is 16.0. The van der Waals surface area contributed by atoms with E-state index in [1.54, 1.807) is 0 Å². The minimum Gasteiger partial charge on any atom is -0.458 e. The third-order valence-corrected chi connectivity index (χ3v) is 12.9. The summed E-state index contributed by atoms with van der Waals surface area (Å²) >= 11 is 0. The second kappa shape index (κ2) is 10.2. The molecule has 0 N–H and O–H groups in total. The predicted octanol–water partition coefficient (Wildman–Crippen LogP) is 10.3. The molecule has 0 heterocycles. The van der Waals surface area contributed by atoms with Crippen molar-refractivity contribution in [3.05, 3.63) is 58.7 Å². The van der Waals surface area contributed by atoms with Crippen molar-refractivity contribution in [2.24, 2.45) is 39.4 Å². The molecule has 5 rings (SSSR count). The smallest absolute Gasteiger partial charge is 0.338 e. The van der Waals surface area contributed by atoms with Crippen molar-refractivity contribution in [1.29, 1.82) is 0 Å². The lowest BCUT2D eigenvalue weighted by Gasteiger charge is -2.62. The van der Waals surface area contributed by atoms with E-state index >= 15 is 0 Å². The second-order valence-corrected chi connectivity index (χ2v) is 15.3. The molecule has 0 bridgehead atoms. The van der Waals surface area contributed by atoms with Crippen molar-refractivity contribution in [2.45, 2.75) is 126 Å². The Bertz CT molecular complexity index is 1140. The van der Waals surface area contributed by atoms with E-state index < -0.39 is 0 Å². The molecule has 2 heteroatoms. The number of carbonyl (C=O) groups excluding carboxylic acids is 1. The Kier molecular flexibility index (Phi) is 7.52. The first kappa shape index (κ1) is 28.7. The van der Waals surface area contributed by atoms with Crippen LogP contribution >= 0.6 is 0 Å². The molecule has 2 nitrogen and oxygen atoms in total. The minimum absolute atomic E-state index is 0.0209. The Balaban J connectivity index is 1.38. The standard InChI is InChI=1S/C37H54O2/c1-25(2)13-12-14-26(3)28-19-23-37(8)30-17-18-31-34(4,5)32(39-33(38)27-15-10-9-11-16-27)21-22-35(31,6)29(30)20-24-36(28,37)7/h9-11,13,15-16,26,28,31-32H,12,14,17-24H2,1-8H3/t26-,28-,31?,32?,35-,36-,37+/m1/s1. The molecule has 0 amide bonds. The van der Waals surface area contributed by atoms with Crippen LogP contribution in [0.3, 0.4) is 0 Å². The predicted molar refractivity (Wildman–Crippen MR) is 163 cm³/mol. The molecule has 0 aromatic heterocycles. The van der Waals surface area contributed by atoms with Crippen LogP contribution in [0.25, 0.3) is 0 Å². The lowest BCUT2D eigenvalue weighted by atomic mass is 9.43. The number of hydrogen-bond acceptors (Lipinski definition) is 2. The maximum atomic E-state index is 13.0. The molecule has 4 aliphatic carbocycles. The molecule has 2 unspecified atom stereocenters. The molecule has 2 fully saturated rings. The molecule has 1 aromatic carbocycles. The highest BCUT2D eigenvalue weighted by molar-refractivity contribution is 5.89. The van der Waals surface area contributed by atoms with Crippen LogP contribution in [-0.2, 0) is 4.74 Å². The molecule has 7 atom stereocenters. The van der Waals surface area contributed by atoms with Crippen LogP contribution in [0.15, 0.2) is 53.1 Å². The molecule has 0 saturated heterocycles. The summed E-state index contributed by atoms with van der Waals surface area (Å²) in [6.07, 6.45) is 14.9. The van der Waals surface area contributed by atoms with Gasteiger partial charge in [0.05, 0.1) is 5.56 Å². The number of rotatable bonds is 6. The third-order valence-electron chi connectivity index (χ3n) is 12.9. The molecule has 4 aliphatic rings. The van der Waals surface area contributed by atoms with Crippen molar-refractivity contribution in [3.8, 4) is 0 Å². The van der Waals surface area contributed by atoms with Crippen LogP contribution in [0.5, 0.6) is 0 Å². The Hall–Kier alpha value is -1.83. The van der Waals surface area contributed by atoms with Crippen LogP contribution < -0.4 is 0 Å². The van der Waals surface area contributed by atoms with E-state index in [1.165, 1.54) is 56.9 Å². The zero-order valence-corrected chi connectivity index (χ0v) is 26.2. The first-order valence-electron chi connectivity index (χ1n) is 16.0. The lowest BCUT2D eigenvalue weighted by Crippen LogP contribution is -2.55. The molecule has 0 aliphatic heterocycles. The highest BCUT2D eigenvalue weighted by Crippen LogP contribution is 2.72. The Morgan fingerprint density at radius 3 is 2.36 bits per heavy atom. The third kappa shape index (κ3) is 4.57.